The number of nitrogens with one attached hydrogen (secondary N) is 2. The van der Waals surface area contributed by atoms with Gasteiger partial charge in [-0.15, -0.1) is 11.3 Å². The van der Waals surface area contributed by atoms with E-state index < -0.39 is 0 Å². The summed E-state index contributed by atoms with van der Waals surface area (Å²) in [6.45, 7) is 9.82. The van der Waals surface area contributed by atoms with Crippen molar-refractivity contribution in [3.63, 3.8) is 0 Å². The highest BCUT2D eigenvalue weighted by Crippen LogP contribution is 2.29. The van der Waals surface area contributed by atoms with Crippen molar-refractivity contribution in [3.8, 4) is 0 Å². The van der Waals surface area contributed by atoms with Crippen molar-refractivity contribution in [3.05, 3.63) is 11.4 Å². The first-order chi connectivity index (χ1) is 8.94. The molecule has 0 spiro atoms. The number of hydrogen-bond donors (Lipinski definition) is 3. The maximum atomic E-state index is 5.41. The van der Waals surface area contributed by atoms with Crippen molar-refractivity contribution < 1.29 is 0 Å². The standard InChI is InChI=1S/C13H21N5S/c1-8(2)13(3,4)7-15-10-9-5-6-19-11(9)17-12(16-10)18-14/h5-6,8H,7,14H2,1-4H3,(H2,15,16,17,18). The molecule has 0 saturated carbocycles. The molecule has 19 heavy (non-hydrogen) atoms. The first kappa shape index (κ1) is 14.0. The molecule has 0 aliphatic carbocycles. The first-order valence-electron chi connectivity index (χ1n) is 6.40. The molecule has 0 aromatic carbocycles. The van der Waals surface area contributed by atoms with Gasteiger partial charge in [0.2, 0.25) is 5.95 Å². The second-order valence-corrected chi connectivity index (χ2v) is 6.57. The van der Waals surface area contributed by atoms with Crippen molar-refractivity contribution in [1.82, 2.24) is 9.97 Å². The molecule has 2 aromatic rings. The van der Waals surface area contributed by atoms with Crippen molar-refractivity contribution >= 4 is 33.3 Å². The molecule has 0 bridgehead atoms. The van der Waals surface area contributed by atoms with E-state index in [0.29, 0.717) is 11.9 Å². The summed E-state index contributed by atoms with van der Waals surface area (Å²) in [5.74, 6) is 7.29. The van der Waals surface area contributed by atoms with Crippen LogP contribution in [0.15, 0.2) is 11.4 Å². The van der Waals surface area contributed by atoms with Gasteiger partial charge in [-0.3, -0.25) is 5.43 Å². The van der Waals surface area contributed by atoms with Crippen LogP contribution in [0, 0.1) is 11.3 Å². The predicted octanol–water partition coefficient (Wildman–Crippen LogP) is 3.07. The third-order valence-electron chi connectivity index (χ3n) is 3.73. The van der Waals surface area contributed by atoms with Crippen LogP contribution in [-0.2, 0) is 0 Å². The fraction of sp³-hybridized carbons (Fsp3) is 0.538. The molecule has 0 atom stereocenters. The fourth-order valence-corrected chi connectivity index (χ4v) is 2.33. The third kappa shape index (κ3) is 2.96. The maximum Gasteiger partial charge on any atom is 0.240 e. The molecule has 5 nitrogen and oxygen atoms in total. The summed E-state index contributed by atoms with van der Waals surface area (Å²) in [6, 6.07) is 2.03. The number of nitrogens with two attached hydrogens (primary N) is 1. The van der Waals surface area contributed by atoms with Gasteiger partial charge in [0.1, 0.15) is 10.6 Å². The van der Waals surface area contributed by atoms with Gasteiger partial charge in [-0.05, 0) is 22.8 Å². The van der Waals surface area contributed by atoms with Crippen LogP contribution < -0.4 is 16.6 Å². The number of anilines is 2. The molecular formula is C13H21N5S. The molecule has 4 N–H and O–H groups in total. The molecule has 0 aliphatic rings. The minimum atomic E-state index is 0.198. The van der Waals surface area contributed by atoms with Crippen LogP contribution in [0.1, 0.15) is 27.7 Å². The fourth-order valence-electron chi connectivity index (χ4n) is 1.57. The molecule has 2 rings (SSSR count). The number of aromatic nitrogens is 2. The predicted molar refractivity (Wildman–Crippen MR) is 82.3 cm³/mol. The summed E-state index contributed by atoms with van der Waals surface area (Å²) < 4.78 is 0. The van der Waals surface area contributed by atoms with E-state index in [4.69, 9.17) is 5.84 Å². The van der Waals surface area contributed by atoms with Gasteiger partial charge in [-0.2, -0.15) is 4.98 Å². The van der Waals surface area contributed by atoms with Crippen LogP contribution in [0.25, 0.3) is 10.2 Å². The summed E-state index contributed by atoms with van der Waals surface area (Å²) in [4.78, 5) is 9.67. The number of thiophene rings is 1. The SMILES string of the molecule is CC(C)C(C)(C)CNc1nc(NN)nc2sccc12. The van der Waals surface area contributed by atoms with Crippen LogP contribution in [0.3, 0.4) is 0 Å². The van der Waals surface area contributed by atoms with Crippen molar-refractivity contribution in [2.75, 3.05) is 17.3 Å². The Kier molecular flexibility index (Phi) is 3.91. The van der Waals surface area contributed by atoms with Crippen molar-refractivity contribution in [2.24, 2.45) is 17.2 Å². The Labute approximate surface area is 117 Å². The van der Waals surface area contributed by atoms with E-state index in [1.165, 1.54) is 0 Å². The highest BCUT2D eigenvalue weighted by atomic mass is 32.1. The average Bonchev–Trinajstić information content (AvgIpc) is 2.83. The summed E-state index contributed by atoms with van der Waals surface area (Å²) >= 11 is 1.58. The van der Waals surface area contributed by atoms with Crippen molar-refractivity contribution in [2.45, 2.75) is 27.7 Å². The van der Waals surface area contributed by atoms with Gasteiger partial charge in [0.15, 0.2) is 0 Å². The van der Waals surface area contributed by atoms with Gasteiger partial charge >= 0.3 is 0 Å². The zero-order valence-corrected chi connectivity index (χ0v) is 12.6. The number of hydrazine groups is 1. The van der Waals surface area contributed by atoms with Gasteiger partial charge in [0, 0.05) is 6.54 Å². The Morgan fingerprint density at radius 1 is 1.37 bits per heavy atom. The number of nitrogen functional groups attached to an aromatic ring is 1. The maximum absolute atomic E-state index is 5.41. The Morgan fingerprint density at radius 2 is 2.11 bits per heavy atom. The zero-order chi connectivity index (χ0) is 14.0. The number of fused-ring (bicyclic) bond motifs is 1. The zero-order valence-electron chi connectivity index (χ0n) is 11.8. The van der Waals surface area contributed by atoms with Crippen LogP contribution in [-0.4, -0.2) is 16.5 Å². The van der Waals surface area contributed by atoms with Gasteiger partial charge in [-0.1, -0.05) is 27.7 Å². The summed E-state index contributed by atoms with van der Waals surface area (Å²) in [7, 11) is 0. The lowest BCUT2D eigenvalue weighted by molar-refractivity contribution is 0.269. The van der Waals surface area contributed by atoms with Crippen LogP contribution >= 0.6 is 11.3 Å². The van der Waals surface area contributed by atoms with E-state index >= 15 is 0 Å². The quantitative estimate of drug-likeness (QED) is 0.579. The molecule has 2 heterocycles. The van der Waals surface area contributed by atoms with E-state index in [1.807, 2.05) is 11.4 Å². The summed E-state index contributed by atoms with van der Waals surface area (Å²) in [5, 5.41) is 6.49. The third-order valence-corrected chi connectivity index (χ3v) is 4.54. The van der Waals surface area contributed by atoms with E-state index in [9.17, 15) is 0 Å². The molecule has 0 radical (unpaired) electrons. The van der Waals surface area contributed by atoms with Gasteiger partial charge in [0.25, 0.3) is 0 Å². The van der Waals surface area contributed by atoms with Gasteiger partial charge in [0.05, 0.1) is 5.39 Å². The number of rotatable bonds is 5. The molecule has 2 aromatic heterocycles. The number of hydrogen-bond acceptors (Lipinski definition) is 6. The lowest BCUT2D eigenvalue weighted by Crippen LogP contribution is -2.29. The minimum absolute atomic E-state index is 0.198. The topological polar surface area (TPSA) is 75.9 Å². The molecule has 0 aliphatic heterocycles. The molecule has 6 heteroatoms. The Balaban J connectivity index is 2.27. The van der Waals surface area contributed by atoms with Gasteiger partial charge in [-0.25, -0.2) is 10.8 Å². The van der Waals surface area contributed by atoms with Crippen LogP contribution in [0.5, 0.6) is 0 Å². The molecule has 0 amide bonds. The molecule has 104 valence electrons. The molecular weight excluding hydrogens is 258 g/mol. The van der Waals surface area contributed by atoms with E-state index in [-0.39, 0.29) is 5.41 Å². The number of nitrogens with zero attached hydrogens (tertiary/aromatic N) is 2. The Bertz CT molecular complexity index is 561. The minimum Gasteiger partial charge on any atom is -0.369 e. The largest absolute Gasteiger partial charge is 0.369 e. The molecule has 0 saturated heterocycles. The lowest BCUT2D eigenvalue weighted by Gasteiger charge is -2.29. The van der Waals surface area contributed by atoms with Gasteiger partial charge < -0.3 is 5.32 Å². The molecule has 0 unspecified atom stereocenters. The normalized spacial score (nSPS) is 12.1. The lowest BCUT2D eigenvalue weighted by atomic mass is 9.81. The average molecular weight is 279 g/mol. The second-order valence-electron chi connectivity index (χ2n) is 5.68. The van der Waals surface area contributed by atoms with E-state index in [0.717, 1.165) is 22.6 Å². The molecule has 0 fully saturated rings. The summed E-state index contributed by atoms with van der Waals surface area (Å²) in [5.41, 5.74) is 2.71. The monoisotopic (exact) mass is 279 g/mol. The second kappa shape index (κ2) is 5.30. The van der Waals surface area contributed by atoms with E-state index in [2.05, 4.69) is 48.4 Å². The van der Waals surface area contributed by atoms with Crippen molar-refractivity contribution in [1.29, 1.82) is 0 Å². The highest BCUT2D eigenvalue weighted by molar-refractivity contribution is 7.16. The smallest absolute Gasteiger partial charge is 0.240 e. The van der Waals surface area contributed by atoms with E-state index in [1.54, 1.807) is 11.3 Å². The Morgan fingerprint density at radius 3 is 2.74 bits per heavy atom. The van der Waals surface area contributed by atoms with Crippen LogP contribution in [0.2, 0.25) is 0 Å². The Hall–Kier alpha value is -1.40. The van der Waals surface area contributed by atoms with Crippen LogP contribution in [0.4, 0.5) is 11.8 Å². The highest BCUT2D eigenvalue weighted by Gasteiger charge is 2.22. The summed E-state index contributed by atoms with van der Waals surface area (Å²) in [6.07, 6.45) is 0. The first-order valence-corrected chi connectivity index (χ1v) is 7.28.